The predicted octanol–water partition coefficient (Wildman–Crippen LogP) is 0.797. The van der Waals surface area contributed by atoms with Crippen molar-refractivity contribution in [2.75, 3.05) is 19.6 Å². The summed E-state index contributed by atoms with van der Waals surface area (Å²) in [6, 6.07) is 0. The van der Waals surface area contributed by atoms with E-state index in [4.69, 9.17) is 0 Å². The van der Waals surface area contributed by atoms with Crippen LogP contribution in [0.2, 0.25) is 0 Å². The zero-order valence-electron chi connectivity index (χ0n) is 10.2. The van der Waals surface area contributed by atoms with Gasteiger partial charge in [0.15, 0.2) is 0 Å². The van der Waals surface area contributed by atoms with E-state index < -0.39 is 5.60 Å². The summed E-state index contributed by atoms with van der Waals surface area (Å²) in [5.41, 5.74) is -0.723. The first-order valence-electron chi connectivity index (χ1n) is 6.36. The molecule has 1 aliphatic rings. The lowest BCUT2D eigenvalue weighted by molar-refractivity contribution is -0.122. The van der Waals surface area contributed by atoms with Gasteiger partial charge in [0.25, 0.3) is 0 Å². The number of nitrogens with one attached hydrogen (secondary N) is 2. The highest BCUT2D eigenvalue weighted by molar-refractivity contribution is 5.75. The smallest absolute Gasteiger partial charge is 0.220 e. The number of carbonyl (C=O) groups is 1. The zero-order chi connectivity index (χ0) is 11.9. The highest BCUT2D eigenvalue weighted by atomic mass is 16.3. The summed E-state index contributed by atoms with van der Waals surface area (Å²) in [4.78, 5) is 11.5. The second-order valence-corrected chi connectivity index (χ2v) is 4.74. The van der Waals surface area contributed by atoms with E-state index in [1.807, 2.05) is 0 Å². The Morgan fingerprint density at radius 1 is 1.44 bits per heavy atom. The molecule has 0 aliphatic carbocycles. The first kappa shape index (κ1) is 13.5. The van der Waals surface area contributed by atoms with Gasteiger partial charge in [-0.15, -0.1) is 0 Å². The SMILES string of the molecule is CCCCCCC(=O)NCC1(O)CCNC1. The van der Waals surface area contributed by atoms with Gasteiger partial charge in [-0.3, -0.25) is 4.79 Å². The molecule has 1 fully saturated rings. The first-order chi connectivity index (χ1) is 7.66. The van der Waals surface area contributed by atoms with Crippen molar-refractivity contribution in [3.63, 3.8) is 0 Å². The van der Waals surface area contributed by atoms with Crippen molar-refractivity contribution < 1.29 is 9.90 Å². The van der Waals surface area contributed by atoms with Gasteiger partial charge in [0.05, 0.1) is 5.60 Å². The van der Waals surface area contributed by atoms with Crippen LogP contribution in [0.15, 0.2) is 0 Å². The Morgan fingerprint density at radius 2 is 2.25 bits per heavy atom. The Bertz CT molecular complexity index is 213. The fourth-order valence-electron chi connectivity index (χ4n) is 1.95. The lowest BCUT2D eigenvalue weighted by Crippen LogP contribution is -2.44. The van der Waals surface area contributed by atoms with Crippen LogP contribution in [0.5, 0.6) is 0 Å². The van der Waals surface area contributed by atoms with Crippen LogP contribution < -0.4 is 10.6 Å². The summed E-state index contributed by atoms with van der Waals surface area (Å²) in [6.45, 7) is 3.96. The Balaban J connectivity index is 2.05. The number of carbonyl (C=O) groups excluding carboxylic acids is 1. The largest absolute Gasteiger partial charge is 0.387 e. The van der Waals surface area contributed by atoms with Gasteiger partial charge in [-0.2, -0.15) is 0 Å². The quantitative estimate of drug-likeness (QED) is 0.565. The van der Waals surface area contributed by atoms with Gasteiger partial charge in [0, 0.05) is 19.5 Å². The molecule has 1 rings (SSSR count). The number of β-amino-alcohol motifs (C(OH)–C–C–N with tert-alkyl or cyclic N) is 1. The molecule has 1 saturated heterocycles. The van der Waals surface area contributed by atoms with Gasteiger partial charge >= 0.3 is 0 Å². The fourth-order valence-corrected chi connectivity index (χ4v) is 1.95. The van der Waals surface area contributed by atoms with Crippen molar-refractivity contribution in [3.8, 4) is 0 Å². The highest BCUT2D eigenvalue weighted by Crippen LogP contribution is 2.12. The maximum atomic E-state index is 11.5. The molecule has 0 saturated carbocycles. The topological polar surface area (TPSA) is 61.4 Å². The zero-order valence-corrected chi connectivity index (χ0v) is 10.2. The summed E-state index contributed by atoms with van der Waals surface area (Å²) in [5.74, 6) is 0.0661. The van der Waals surface area contributed by atoms with Crippen LogP contribution in [-0.4, -0.2) is 36.2 Å². The summed E-state index contributed by atoms with van der Waals surface area (Å²) in [5, 5.41) is 15.9. The van der Waals surface area contributed by atoms with Crippen LogP contribution in [0.25, 0.3) is 0 Å². The molecule has 0 bridgehead atoms. The number of hydrogen-bond donors (Lipinski definition) is 3. The van der Waals surface area contributed by atoms with Crippen molar-refractivity contribution in [1.29, 1.82) is 0 Å². The Kier molecular flexibility index (Phi) is 5.77. The lowest BCUT2D eigenvalue weighted by Gasteiger charge is -2.21. The third-order valence-corrected chi connectivity index (χ3v) is 3.09. The fraction of sp³-hybridized carbons (Fsp3) is 0.917. The monoisotopic (exact) mass is 228 g/mol. The molecule has 1 heterocycles. The molecule has 0 spiro atoms. The molecule has 3 N–H and O–H groups in total. The van der Waals surface area contributed by atoms with Crippen molar-refractivity contribution >= 4 is 5.91 Å². The van der Waals surface area contributed by atoms with Crippen molar-refractivity contribution in [2.45, 2.75) is 51.0 Å². The summed E-state index contributed by atoms with van der Waals surface area (Å²) in [7, 11) is 0. The van der Waals surface area contributed by atoms with Crippen LogP contribution in [0.1, 0.15) is 45.4 Å². The standard InChI is InChI=1S/C12H24N2O2/c1-2-3-4-5-6-11(15)14-10-12(16)7-8-13-9-12/h13,16H,2-10H2,1H3,(H,14,15). The molecular formula is C12H24N2O2. The molecular weight excluding hydrogens is 204 g/mol. The molecule has 0 aromatic carbocycles. The third-order valence-electron chi connectivity index (χ3n) is 3.09. The van der Waals surface area contributed by atoms with E-state index in [1.165, 1.54) is 12.8 Å². The maximum Gasteiger partial charge on any atom is 0.220 e. The number of unbranched alkanes of at least 4 members (excludes halogenated alkanes) is 3. The molecule has 1 aliphatic heterocycles. The van der Waals surface area contributed by atoms with E-state index in [-0.39, 0.29) is 5.91 Å². The molecule has 1 amide bonds. The van der Waals surface area contributed by atoms with E-state index in [1.54, 1.807) is 0 Å². The first-order valence-corrected chi connectivity index (χ1v) is 6.36. The Labute approximate surface area is 97.8 Å². The minimum Gasteiger partial charge on any atom is -0.387 e. The molecule has 1 atom stereocenters. The molecule has 94 valence electrons. The van der Waals surface area contributed by atoms with Gasteiger partial charge in [-0.25, -0.2) is 0 Å². The van der Waals surface area contributed by atoms with E-state index in [0.29, 0.717) is 19.5 Å². The molecule has 1 unspecified atom stereocenters. The van der Waals surface area contributed by atoms with Crippen LogP contribution >= 0.6 is 0 Å². The predicted molar refractivity (Wildman–Crippen MR) is 64.2 cm³/mol. The van der Waals surface area contributed by atoms with E-state index in [2.05, 4.69) is 17.6 Å². The number of amides is 1. The molecule has 0 aromatic heterocycles. The highest BCUT2D eigenvalue weighted by Gasteiger charge is 2.30. The van der Waals surface area contributed by atoms with E-state index in [0.717, 1.165) is 25.8 Å². The molecule has 4 nitrogen and oxygen atoms in total. The number of rotatable bonds is 7. The number of hydrogen-bond acceptors (Lipinski definition) is 3. The second kappa shape index (κ2) is 6.86. The molecule has 0 aromatic rings. The maximum absolute atomic E-state index is 11.5. The van der Waals surface area contributed by atoms with Gasteiger partial charge in [0.2, 0.25) is 5.91 Å². The minimum atomic E-state index is -0.723. The van der Waals surface area contributed by atoms with Crippen LogP contribution in [-0.2, 0) is 4.79 Å². The van der Waals surface area contributed by atoms with Crippen LogP contribution in [0, 0.1) is 0 Å². The van der Waals surface area contributed by atoms with Crippen molar-refractivity contribution in [1.82, 2.24) is 10.6 Å². The van der Waals surface area contributed by atoms with Crippen molar-refractivity contribution in [3.05, 3.63) is 0 Å². The van der Waals surface area contributed by atoms with Gasteiger partial charge in [-0.1, -0.05) is 26.2 Å². The molecule has 16 heavy (non-hydrogen) atoms. The second-order valence-electron chi connectivity index (χ2n) is 4.74. The normalized spacial score (nSPS) is 24.6. The lowest BCUT2D eigenvalue weighted by atomic mass is 10.0. The molecule has 0 radical (unpaired) electrons. The van der Waals surface area contributed by atoms with Gasteiger partial charge in [-0.05, 0) is 19.4 Å². The molecule has 4 heteroatoms. The number of aliphatic hydroxyl groups is 1. The summed E-state index contributed by atoms with van der Waals surface area (Å²) >= 11 is 0. The van der Waals surface area contributed by atoms with Crippen molar-refractivity contribution in [2.24, 2.45) is 0 Å². The van der Waals surface area contributed by atoms with E-state index >= 15 is 0 Å². The van der Waals surface area contributed by atoms with Crippen LogP contribution in [0.4, 0.5) is 0 Å². The average Bonchev–Trinajstić information content (AvgIpc) is 2.70. The Hall–Kier alpha value is -0.610. The van der Waals surface area contributed by atoms with Gasteiger partial charge in [0.1, 0.15) is 0 Å². The van der Waals surface area contributed by atoms with Crippen LogP contribution in [0.3, 0.4) is 0 Å². The van der Waals surface area contributed by atoms with Gasteiger partial charge < -0.3 is 15.7 Å². The van der Waals surface area contributed by atoms with E-state index in [9.17, 15) is 9.90 Å². The average molecular weight is 228 g/mol. The Morgan fingerprint density at radius 3 is 2.88 bits per heavy atom. The minimum absolute atomic E-state index is 0.0661. The third kappa shape index (κ3) is 4.94. The summed E-state index contributed by atoms with van der Waals surface area (Å²) in [6.07, 6.45) is 5.77. The summed E-state index contributed by atoms with van der Waals surface area (Å²) < 4.78 is 0.